The fraction of sp³-hybridized carbons (Fsp3) is 0.318. The first-order chi connectivity index (χ1) is 13.3. The largest absolute Gasteiger partial charge is 0.480 e. The molecule has 2 aromatic rings. The molecule has 0 bridgehead atoms. The lowest BCUT2D eigenvalue weighted by Gasteiger charge is -2.21. The zero-order valence-electron chi connectivity index (χ0n) is 16.4. The molecule has 0 fully saturated rings. The van der Waals surface area contributed by atoms with Crippen LogP contribution in [0.1, 0.15) is 29.2 Å². The number of aryl methyl sites for hydroxylation is 2. The van der Waals surface area contributed by atoms with Gasteiger partial charge < -0.3 is 15.7 Å². The van der Waals surface area contributed by atoms with Crippen LogP contribution < -0.4 is 10.6 Å². The molecule has 0 aliphatic rings. The van der Waals surface area contributed by atoms with E-state index in [2.05, 4.69) is 10.6 Å². The molecular formula is C22H26N2O4. The van der Waals surface area contributed by atoms with E-state index in [0.717, 1.165) is 22.3 Å². The third kappa shape index (κ3) is 6.23. The smallest absolute Gasteiger partial charge is 0.326 e. The van der Waals surface area contributed by atoms with Gasteiger partial charge in [0, 0.05) is 19.8 Å². The highest BCUT2D eigenvalue weighted by Gasteiger charge is 2.26. The Bertz CT molecular complexity index is 849. The Balaban J connectivity index is 2.13. The molecule has 0 saturated carbocycles. The number of carbonyl (C=O) groups excluding carboxylic acids is 2. The van der Waals surface area contributed by atoms with Gasteiger partial charge in [0.05, 0.1) is 0 Å². The monoisotopic (exact) mass is 382 g/mol. The van der Waals surface area contributed by atoms with E-state index in [4.69, 9.17) is 0 Å². The van der Waals surface area contributed by atoms with Gasteiger partial charge in [-0.1, -0.05) is 48.5 Å². The van der Waals surface area contributed by atoms with Crippen molar-refractivity contribution in [3.05, 3.63) is 70.8 Å². The highest BCUT2D eigenvalue weighted by molar-refractivity contribution is 5.90. The molecule has 0 unspecified atom stereocenters. The number of hydrogen-bond donors (Lipinski definition) is 3. The number of carbonyl (C=O) groups is 3. The molecule has 2 rings (SSSR count). The van der Waals surface area contributed by atoms with Crippen LogP contribution in [-0.2, 0) is 27.2 Å². The summed E-state index contributed by atoms with van der Waals surface area (Å²) in [5.74, 6) is -1.99. The minimum Gasteiger partial charge on any atom is -0.480 e. The van der Waals surface area contributed by atoms with Crippen LogP contribution in [0.5, 0.6) is 0 Å². The Labute approximate surface area is 165 Å². The number of rotatable bonds is 8. The van der Waals surface area contributed by atoms with Gasteiger partial charge >= 0.3 is 5.97 Å². The number of hydrogen-bond acceptors (Lipinski definition) is 3. The van der Waals surface area contributed by atoms with E-state index in [1.807, 2.05) is 62.4 Å². The summed E-state index contributed by atoms with van der Waals surface area (Å²) >= 11 is 0. The molecule has 2 atom stereocenters. The normalized spacial score (nSPS) is 12.7. The number of amides is 2. The van der Waals surface area contributed by atoms with Crippen LogP contribution in [0.15, 0.2) is 48.5 Å². The average Bonchev–Trinajstić information content (AvgIpc) is 2.64. The zero-order chi connectivity index (χ0) is 20.7. The van der Waals surface area contributed by atoms with Gasteiger partial charge in [-0.05, 0) is 36.1 Å². The lowest BCUT2D eigenvalue weighted by molar-refractivity contribution is -0.142. The molecule has 6 nitrogen and oxygen atoms in total. The van der Waals surface area contributed by atoms with Crippen LogP contribution in [0.25, 0.3) is 0 Å². The molecule has 0 aliphatic carbocycles. The van der Waals surface area contributed by atoms with E-state index in [9.17, 15) is 19.5 Å². The summed E-state index contributed by atoms with van der Waals surface area (Å²) in [6, 6.07) is 13.0. The number of carboxylic acids is 1. The summed E-state index contributed by atoms with van der Waals surface area (Å²) in [5.41, 5.74) is 3.88. The molecule has 0 heterocycles. The Morgan fingerprint density at radius 2 is 1.50 bits per heavy atom. The first-order valence-corrected chi connectivity index (χ1v) is 9.16. The maximum absolute atomic E-state index is 12.7. The lowest BCUT2D eigenvalue weighted by atomic mass is 10.00. The Morgan fingerprint density at radius 3 is 2.07 bits per heavy atom. The molecule has 2 aromatic carbocycles. The molecule has 0 spiro atoms. The van der Waals surface area contributed by atoms with E-state index >= 15 is 0 Å². The van der Waals surface area contributed by atoms with Gasteiger partial charge in [-0.25, -0.2) is 4.79 Å². The molecule has 0 radical (unpaired) electrons. The number of aliphatic carboxylic acids is 1. The number of benzene rings is 2. The highest BCUT2D eigenvalue weighted by Crippen LogP contribution is 2.12. The topological polar surface area (TPSA) is 95.5 Å². The molecule has 6 heteroatoms. The Morgan fingerprint density at radius 1 is 0.857 bits per heavy atom. The van der Waals surface area contributed by atoms with Crippen molar-refractivity contribution in [3.8, 4) is 0 Å². The van der Waals surface area contributed by atoms with Crippen LogP contribution in [0.3, 0.4) is 0 Å². The summed E-state index contributed by atoms with van der Waals surface area (Å²) < 4.78 is 0. The Hall–Kier alpha value is -3.15. The summed E-state index contributed by atoms with van der Waals surface area (Å²) in [6.07, 6.45) is 0.447. The second-order valence-electron chi connectivity index (χ2n) is 6.96. The van der Waals surface area contributed by atoms with E-state index in [1.165, 1.54) is 6.92 Å². The quantitative estimate of drug-likeness (QED) is 0.652. The van der Waals surface area contributed by atoms with Gasteiger partial charge in [0.1, 0.15) is 12.1 Å². The zero-order valence-corrected chi connectivity index (χ0v) is 16.4. The minimum atomic E-state index is -1.12. The molecule has 0 aliphatic heterocycles. The second-order valence-corrected chi connectivity index (χ2v) is 6.96. The van der Waals surface area contributed by atoms with E-state index < -0.39 is 24.0 Å². The third-order valence-corrected chi connectivity index (χ3v) is 4.60. The molecule has 0 saturated heterocycles. The summed E-state index contributed by atoms with van der Waals surface area (Å²) in [5, 5.41) is 14.7. The van der Waals surface area contributed by atoms with Crippen molar-refractivity contribution in [2.45, 2.75) is 45.7 Å². The van der Waals surface area contributed by atoms with Crippen molar-refractivity contribution in [3.63, 3.8) is 0 Å². The van der Waals surface area contributed by atoms with Crippen LogP contribution >= 0.6 is 0 Å². The molecule has 3 N–H and O–H groups in total. The van der Waals surface area contributed by atoms with Crippen molar-refractivity contribution in [1.29, 1.82) is 0 Å². The lowest BCUT2D eigenvalue weighted by Crippen LogP contribution is -2.52. The van der Waals surface area contributed by atoms with Crippen molar-refractivity contribution in [2.75, 3.05) is 0 Å². The summed E-state index contributed by atoms with van der Waals surface area (Å²) in [7, 11) is 0. The average molecular weight is 382 g/mol. The first-order valence-electron chi connectivity index (χ1n) is 9.16. The third-order valence-electron chi connectivity index (χ3n) is 4.60. The number of nitrogens with one attached hydrogen (secondary N) is 2. The van der Waals surface area contributed by atoms with Gasteiger partial charge in [0.15, 0.2) is 0 Å². The molecular weight excluding hydrogens is 356 g/mol. The van der Waals surface area contributed by atoms with Gasteiger partial charge in [-0.2, -0.15) is 0 Å². The fourth-order valence-corrected chi connectivity index (χ4v) is 2.94. The fourth-order valence-electron chi connectivity index (χ4n) is 2.94. The van der Waals surface area contributed by atoms with Crippen LogP contribution in [0.4, 0.5) is 0 Å². The maximum atomic E-state index is 12.7. The van der Waals surface area contributed by atoms with Gasteiger partial charge in [-0.15, -0.1) is 0 Å². The van der Waals surface area contributed by atoms with Crippen LogP contribution in [-0.4, -0.2) is 35.0 Å². The maximum Gasteiger partial charge on any atom is 0.326 e. The van der Waals surface area contributed by atoms with Crippen LogP contribution in [0.2, 0.25) is 0 Å². The number of carboxylic acid groups (broad SMARTS) is 1. The molecule has 28 heavy (non-hydrogen) atoms. The van der Waals surface area contributed by atoms with E-state index in [-0.39, 0.29) is 18.7 Å². The van der Waals surface area contributed by atoms with Crippen molar-refractivity contribution in [2.24, 2.45) is 0 Å². The highest BCUT2D eigenvalue weighted by atomic mass is 16.4. The SMILES string of the molecule is CC(=O)N[C@@H](Cc1ccccc1)C(=O)N[C@H](Cc1ccc(C)c(C)c1)C(=O)O. The molecule has 2 amide bonds. The van der Waals surface area contributed by atoms with E-state index in [1.54, 1.807) is 0 Å². The summed E-state index contributed by atoms with van der Waals surface area (Å²) in [4.78, 5) is 35.9. The van der Waals surface area contributed by atoms with Crippen LogP contribution in [0, 0.1) is 13.8 Å². The molecule has 0 aromatic heterocycles. The van der Waals surface area contributed by atoms with Gasteiger partial charge in [-0.3, -0.25) is 9.59 Å². The summed E-state index contributed by atoms with van der Waals surface area (Å²) in [6.45, 7) is 5.27. The Kier molecular flexibility index (Phi) is 7.32. The van der Waals surface area contributed by atoms with Gasteiger partial charge in [0.2, 0.25) is 11.8 Å². The van der Waals surface area contributed by atoms with Crippen molar-refractivity contribution < 1.29 is 19.5 Å². The van der Waals surface area contributed by atoms with Crippen molar-refractivity contribution in [1.82, 2.24) is 10.6 Å². The second kappa shape index (κ2) is 9.69. The minimum absolute atomic E-state index is 0.167. The standard InChI is InChI=1S/C22H26N2O4/c1-14-9-10-18(11-15(14)2)13-20(22(27)28)24-21(26)19(23-16(3)25)12-17-7-5-4-6-8-17/h4-11,19-20H,12-13H2,1-3H3,(H,23,25)(H,24,26)(H,27,28)/t19-,20+/m0/s1. The van der Waals surface area contributed by atoms with Crippen molar-refractivity contribution >= 4 is 17.8 Å². The van der Waals surface area contributed by atoms with E-state index in [0.29, 0.717) is 0 Å². The first kappa shape index (κ1) is 21.2. The van der Waals surface area contributed by atoms with Gasteiger partial charge in [0.25, 0.3) is 0 Å². The predicted octanol–water partition coefficient (Wildman–Crippen LogP) is 2.16. The molecule has 148 valence electrons. The predicted molar refractivity (Wildman–Crippen MR) is 107 cm³/mol.